The average molecular weight is 447 g/mol. The molecule has 0 aromatic heterocycles. The first-order valence-electron chi connectivity index (χ1n) is 10.1. The van der Waals surface area contributed by atoms with E-state index in [9.17, 15) is 10.1 Å². The number of ether oxygens (including phenoxy) is 2. The molecule has 0 spiro atoms. The second-order valence-electron chi connectivity index (χ2n) is 7.03. The number of benzene rings is 3. The zero-order valence-electron chi connectivity index (χ0n) is 17.9. The van der Waals surface area contributed by atoms with Gasteiger partial charge in [0.25, 0.3) is 5.91 Å². The van der Waals surface area contributed by atoms with E-state index in [1.54, 1.807) is 24.3 Å². The highest BCUT2D eigenvalue weighted by Crippen LogP contribution is 2.38. The van der Waals surface area contributed by atoms with Crippen LogP contribution in [0.15, 0.2) is 72.3 Å². The summed E-state index contributed by atoms with van der Waals surface area (Å²) in [6.07, 6.45) is 1.47. The highest BCUT2D eigenvalue weighted by Gasteiger charge is 2.15. The van der Waals surface area contributed by atoms with Gasteiger partial charge in [-0.15, -0.1) is 0 Å². The zero-order valence-corrected chi connectivity index (χ0v) is 18.6. The van der Waals surface area contributed by atoms with Gasteiger partial charge in [-0.1, -0.05) is 59.6 Å². The summed E-state index contributed by atoms with van der Waals surface area (Å²) >= 11 is 6.47. The Bertz CT molecular complexity index is 1150. The number of aryl methyl sites for hydroxylation is 1. The average Bonchev–Trinajstić information content (AvgIpc) is 2.79. The molecule has 0 saturated heterocycles. The van der Waals surface area contributed by atoms with E-state index in [0.29, 0.717) is 41.0 Å². The van der Waals surface area contributed by atoms with E-state index in [2.05, 4.69) is 5.32 Å². The van der Waals surface area contributed by atoms with Crippen LogP contribution in [0.3, 0.4) is 0 Å². The Morgan fingerprint density at radius 1 is 1.09 bits per heavy atom. The lowest BCUT2D eigenvalue weighted by Crippen LogP contribution is -2.13. The van der Waals surface area contributed by atoms with Crippen LogP contribution in [0.1, 0.15) is 23.6 Å². The number of nitrogens with zero attached hydrogens (tertiary/aromatic N) is 1. The summed E-state index contributed by atoms with van der Waals surface area (Å²) in [5.74, 6) is 0.352. The van der Waals surface area contributed by atoms with Gasteiger partial charge in [-0.05, 0) is 55.3 Å². The van der Waals surface area contributed by atoms with Gasteiger partial charge in [-0.2, -0.15) is 5.26 Å². The first-order valence-corrected chi connectivity index (χ1v) is 10.5. The molecule has 0 aliphatic rings. The Morgan fingerprint density at radius 2 is 1.81 bits per heavy atom. The zero-order chi connectivity index (χ0) is 22.9. The van der Waals surface area contributed by atoms with E-state index in [1.165, 1.54) is 6.08 Å². The Balaban J connectivity index is 1.83. The summed E-state index contributed by atoms with van der Waals surface area (Å²) < 4.78 is 11.6. The Kier molecular flexibility index (Phi) is 7.91. The molecule has 0 fully saturated rings. The number of nitriles is 1. The minimum Gasteiger partial charge on any atom is -0.490 e. The van der Waals surface area contributed by atoms with E-state index >= 15 is 0 Å². The standard InChI is InChI=1S/C26H23ClN2O3/c1-3-31-24-15-20(14-23(27)25(24)32-17-19-7-5-4-6-8-19)13-21(16-28)26(30)29-22-11-9-18(2)10-12-22/h4-15H,3,17H2,1-2H3,(H,29,30)/b21-13+. The van der Waals surface area contributed by atoms with Gasteiger partial charge in [-0.3, -0.25) is 4.79 Å². The van der Waals surface area contributed by atoms with Crippen molar-refractivity contribution in [3.63, 3.8) is 0 Å². The van der Waals surface area contributed by atoms with Crippen molar-refractivity contribution < 1.29 is 14.3 Å². The van der Waals surface area contributed by atoms with Crippen LogP contribution in [0.2, 0.25) is 5.02 Å². The lowest BCUT2D eigenvalue weighted by atomic mass is 10.1. The van der Waals surface area contributed by atoms with Crippen molar-refractivity contribution in [3.05, 3.63) is 94.0 Å². The smallest absolute Gasteiger partial charge is 0.266 e. The number of anilines is 1. The second-order valence-corrected chi connectivity index (χ2v) is 7.43. The number of carbonyl (C=O) groups excluding carboxylic acids is 1. The van der Waals surface area contributed by atoms with Crippen LogP contribution in [0.5, 0.6) is 11.5 Å². The second kappa shape index (κ2) is 11.0. The molecule has 0 atom stereocenters. The third-order valence-corrected chi connectivity index (χ3v) is 4.82. The molecular formula is C26H23ClN2O3. The fourth-order valence-corrected chi connectivity index (χ4v) is 3.23. The number of carbonyl (C=O) groups is 1. The topological polar surface area (TPSA) is 71.3 Å². The van der Waals surface area contributed by atoms with Crippen LogP contribution in [0, 0.1) is 18.3 Å². The van der Waals surface area contributed by atoms with Gasteiger partial charge in [0, 0.05) is 5.69 Å². The number of halogens is 1. The Morgan fingerprint density at radius 3 is 2.47 bits per heavy atom. The van der Waals surface area contributed by atoms with Crippen LogP contribution in [0.4, 0.5) is 5.69 Å². The van der Waals surface area contributed by atoms with Crippen LogP contribution in [-0.2, 0) is 11.4 Å². The molecule has 0 radical (unpaired) electrons. The van der Waals surface area contributed by atoms with Crippen molar-refractivity contribution in [1.82, 2.24) is 0 Å². The van der Waals surface area contributed by atoms with Crippen molar-refractivity contribution in [1.29, 1.82) is 5.26 Å². The summed E-state index contributed by atoms with van der Waals surface area (Å²) in [5, 5.41) is 12.6. The monoisotopic (exact) mass is 446 g/mol. The van der Waals surface area contributed by atoms with Crippen molar-refractivity contribution in [2.45, 2.75) is 20.5 Å². The molecule has 3 aromatic rings. The SMILES string of the molecule is CCOc1cc(/C=C(\C#N)C(=O)Nc2ccc(C)cc2)cc(Cl)c1OCc1ccccc1. The number of hydrogen-bond donors (Lipinski definition) is 1. The molecule has 0 aliphatic carbocycles. The highest BCUT2D eigenvalue weighted by atomic mass is 35.5. The minimum absolute atomic E-state index is 0.0537. The molecule has 3 rings (SSSR count). The van der Waals surface area contributed by atoms with Gasteiger partial charge in [-0.25, -0.2) is 0 Å². The third-order valence-electron chi connectivity index (χ3n) is 4.54. The molecule has 0 aliphatic heterocycles. The maximum atomic E-state index is 12.6. The van der Waals surface area contributed by atoms with Crippen molar-refractivity contribution in [2.24, 2.45) is 0 Å². The van der Waals surface area contributed by atoms with E-state index < -0.39 is 5.91 Å². The minimum atomic E-state index is -0.505. The summed E-state index contributed by atoms with van der Waals surface area (Å²) in [7, 11) is 0. The van der Waals surface area contributed by atoms with Gasteiger partial charge < -0.3 is 14.8 Å². The van der Waals surface area contributed by atoms with E-state index in [4.69, 9.17) is 21.1 Å². The van der Waals surface area contributed by atoms with E-state index in [0.717, 1.165) is 11.1 Å². The largest absolute Gasteiger partial charge is 0.490 e. The van der Waals surface area contributed by atoms with Gasteiger partial charge in [0.15, 0.2) is 11.5 Å². The number of nitrogens with one attached hydrogen (secondary N) is 1. The lowest BCUT2D eigenvalue weighted by molar-refractivity contribution is -0.112. The molecular weight excluding hydrogens is 424 g/mol. The van der Waals surface area contributed by atoms with Crippen LogP contribution in [-0.4, -0.2) is 12.5 Å². The summed E-state index contributed by atoms with van der Waals surface area (Å²) in [4.78, 5) is 12.6. The molecule has 0 bridgehead atoms. The van der Waals surface area contributed by atoms with Crippen molar-refractivity contribution in [3.8, 4) is 17.6 Å². The highest BCUT2D eigenvalue weighted by molar-refractivity contribution is 6.32. The van der Waals surface area contributed by atoms with Gasteiger partial charge in [0.1, 0.15) is 18.2 Å². The number of rotatable bonds is 8. The summed E-state index contributed by atoms with van der Waals surface area (Å²) in [6.45, 7) is 4.55. The maximum Gasteiger partial charge on any atom is 0.266 e. The van der Waals surface area contributed by atoms with Crippen molar-refractivity contribution in [2.75, 3.05) is 11.9 Å². The van der Waals surface area contributed by atoms with Crippen LogP contribution < -0.4 is 14.8 Å². The van der Waals surface area contributed by atoms with E-state index in [-0.39, 0.29) is 5.57 Å². The molecule has 1 N–H and O–H groups in total. The summed E-state index contributed by atoms with van der Waals surface area (Å²) in [5.41, 5.74) is 3.18. The van der Waals surface area contributed by atoms with Crippen LogP contribution in [0.25, 0.3) is 6.08 Å². The molecule has 5 nitrogen and oxygen atoms in total. The first-order chi connectivity index (χ1) is 15.5. The fourth-order valence-electron chi connectivity index (χ4n) is 2.95. The predicted molar refractivity (Wildman–Crippen MR) is 127 cm³/mol. The third kappa shape index (κ3) is 6.13. The van der Waals surface area contributed by atoms with E-state index in [1.807, 2.05) is 62.4 Å². The van der Waals surface area contributed by atoms with Gasteiger partial charge in [0.2, 0.25) is 0 Å². The van der Waals surface area contributed by atoms with Gasteiger partial charge in [0.05, 0.1) is 11.6 Å². The molecule has 0 heterocycles. The molecule has 162 valence electrons. The summed E-state index contributed by atoms with van der Waals surface area (Å²) in [6, 6.07) is 22.3. The molecule has 32 heavy (non-hydrogen) atoms. The number of amides is 1. The Labute approximate surface area is 192 Å². The molecule has 0 unspecified atom stereocenters. The normalized spacial score (nSPS) is 10.9. The quantitative estimate of drug-likeness (QED) is 0.331. The molecule has 6 heteroatoms. The van der Waals surface area contributed by atoms with Gasteiger partial charge >= 0.3 is 0 Å². The molecule has 0 saturated carbocycles. The Hall–Kier alpha value is -3.75. The maximum absolute atomic E-state index is 12.6. The fraction of sp³-hybridized carbons (Fsp3) is 0.154. The predicted octanol–water partition coefficient (Wildman–Crippen LogP) is 6.17. The first kappa shape index (κ1) is 22.9. The van der Waals surface area contributed by atoms with Crippen LogP contribution >= 0.6 is 11.6 Å². The molecule has 3 aromatic carbocycles. The van der Waals surface area contributed by atoms with Crippen molar-refractivity contribution >= 4 is 29.3 Å². The molecule has 1 amide bonds. The lowest BCUT2D eigenvalue weighted by Gasteiger charge is -2.15. The number of hydrogen-bond acceptors (Lipinski definition) is 4.